The van der Waals surface area contributed by atoms with Crippen LogP contribution in [0.1, 0.15) is 0 Å². The van der Waals surface area contributed by atoms with Gasteiger partial charge in [0.2, 0.25) is 0 Å². The molecule has 0 aromatic carbocycles. The summed E-state index contributed by atoms with van der Waals surface area (Å²) in [6.45, 7) is 0.821. The lowest BCUT2D eigenvalue weighted by Gasteiger charge is -2.12. The lowest BCUT2D eigenvalue weighted by atomic mass is 10.7. The van der Waals surface area contributed by atoms with Crippen molar-refractivity contribution in [2.24, 2.45) is 0 Å². The van der Waals surface area contributed by atoms with Gasteiger partial charge in [-0.3, -0.25) is 10.1 Å². The minimum Gasteiger partial charge on any atom is -0.277 e. The van der Waals surface area contributed by atoms with Crippen molar-refractivity contribution in [3.8, 4) is 0 Å². The highest BCUT2D eigenvalue weighted by atomic mass is 19.4. The van der Waals surface area contributed by atoms with Crippen LogP contribution in [0.2, 0.25) is 0 Å². The summed E-state index contributed by atoms with van der Waals surface area (Å²) in [6.07, 6.45) is -5.79. The van der Waals surface area contributed by atoms with Gasteiger partial charge < -0.3 is 0 Å². The zero-order valence-corrected chi connectivity index (χ0v) is 4.98. The van der Waals surface area contributed by atoms with Crippen molar-refractivity contribution < 1.29 is 17.9 Å². The topological polar surface area (TPSA) is 35.4 Å². The monoisotopic (exact) mass is 155 g/mol. The summed E-state index contributed by atoms with van der Waals surface area (Å²) in [5, 5.41) is 5.87. The number of halogens is 3. The van der Waals surface area contributed by atoms with Crippen LogP contribution in [0.15, 0.2) is 0 Å². The van der Waals surface area contributed by atoms with Crippen LogP contribution in [-0.2, 0) is 4.74 Å². The Morgan fingerprint density at radius 1 is 1.50 bits per heavy atom. The van der Waals surface area contributed by atoms with E-state index in [4.69, 9.17) is 0 Å². The largest absolute Gasteiger partial charge is 0.525 e. The quantitative estimate of drug-likeness (QED) is 0.579. The Balaban J connectivity index is 2.24. The minimum absolute atomic E-state index is 0.376. The van der Waals surface area contributed by atoms with Gasteiger partial charge in [-0.1, -0.05) is 0 Å². The third-order valence-corrected chi connectivity index (χ3v) is 0.971. The summed E-state index contributed by atoms with van der Waals surface area (Å²) in [5.74, 6) is 0. The first-order chi connectivity index (χ1) is 4.58. The molecule has 6 heteroatoms. The highest BCUT2D eigenvalue weighted by Gasteiger charge is 2.34. The number of nitrogens with zero attached hydrogens (tertiary/aromatic N) is 1. The molecule has 1 rings (SSSR count). The first-order valence-corrected chi connectivity index (χ1v) is 2.72. The first kappa shape index (κ1) is 7.77. The molecule has 1 atom stereocenters. The molecule has 1 saturated heterocycles. The van der Waals surface area contributed by atoms with Crippen LogP contribution in [0.5, 0.6) is 0 Å². The summed E-state index contributed by atoms with van der Waals surface area (Å²) < 4.78 is 37.7. The molecule has 0 saturated carbocycles. The Morgan fingerprint density at radius 2 is 2.20 bits per heavy atom. The highest BCUT2D eigenvalue weighted by molar-refractivity contribution is 4.63. The summed E-state index contributed by atoms with van der Waals surface area (Å²) in [7, 11) is 0. The van der Waals surface area contributed by atoms with E-state index in [1.807, 2.05) is 0 Å². The van der Waals surface area contributed by atoms with Crippen molar-refractivity contribution in [1.29, 1.82) is 0 Å². The number of alkyl halides is 3. The van der Waals surface area contributed by atoms with E-state index in [-0.39, 0.29) is 0 Å². The summed E-state index contributed by atoms with van der Waals surface area (Å²) in [6, 6.07) is 0. The van der Waals surface area contributed by atoms with Crippen LogP contribution in [0.4, 0.5) is 13.2 Å². The van der Waals surface area contributed by atoms with Gasteiger partial charge in [0.1, 0.15) is 0 Å². The third-order valence-electron chi connectivity index (χ3n) is 0.971. The van der Waals surface area contributed by atoms with Crippen molar-refractivity contribution in [3.63, 3.8) is 0 Å². The van der Waals surface area contributed by atoms with Crippen LogP contribution in [0, 0.1) is 0 Å². The van der Waals surface area contributed by atoms with Gasteiger partial charge in [0.25, 0.3) is 0 Å². The van der Waals surface area contributed by atoms with Gasteiger partial charge in [0.15, 0.2) is 6.35 Å². The molecule has 3 nitrogen and oxygen atoms in total. The van der Waals surface area contributed by atoms with Gasteiger partial charge in [0, 0.05) is 13.1 Å². The fourth-order valence-electron chi connectivity index (χ4n) is 0.640. The Hall–Kier alpha value is -0.330. The molecule has 59 valence electrons. The number of nitrogens with one attached hydrogen (secondary N) is 1. The number of hydrogen-bond donors (Lipinski definition) is 1. The van der Waals surface area contributed by atoms with E-state index < -0.39 is 12.7 Å². The van der Waals surface area contributed by atoms with Gasteiger partial charge in [-0.2, -0.15) is 5.32 Å². The van der Waals surface area contributed by atoms with Crippen molar-refractivity contribution in [2.75, 3.05) is 13.1 Å². The maximum absolute atomic E-state index is 11.4. The van der Waals surface area contributed by atoms with Crippen molar-refractivity contribution in [3.05, 3.63) is 0 Å². The Kier molecular flexibility index (Phi) is 2.12. The van der Waals surface area contributed by atoms with Gasteiger partial charge in [0.05, 0.1) is 0 Å². The van der Waals surface area contributed by atoms with E-state index in [2.05, 4.69) is 15.4 Å². The number of ether oxygens (including phenoxy) is 1. The van der Waals surface area contributed by atoms with E-state index in [1.165, 1.54) is 0 Å². The van der Waals surface area contributed by atoms with E-state index >= 15 is 0 Å². The third kappa shape index (κ3) is 2.51. The van der Waals surface area contributed by atoms with Crippen molar-refractivity contribution in [1.82, 2.24) is 10.6 Å². The van der Waals surface area contributed by atoms with Gasteiger partial charge in [-0.15, -0.1) is 13.2 Å². The zero-order valence-electron chi connectivity index (χ0n) is 4.98. The van der Waals surface area contributed by atoms with Gasteiger partial charge in [-0.25, -0.2) is 0 Å². The molecule has 10 heavy (non-hydrogen) atoms. The predicted molar refractivity (Wildman–Crippen MR) is 25.9 cm³/mol. The van der Waals surface area contributed by atoms with E-state index in [9.17, 15) is 13.2 Å². The predicted octanol–water partition coefficient (Wildman–Crippen LogP) is 0.0140. The molecule has 1 N–H and O–H groups in total. The van der Waals surface area contributed by atoms with Gasteiger partial charge in [-0.05, 0) is 0 Å². The van der Waals surface area contributed by atoms with E-state index in [0.717, 1.165) is 0 Å². The molecule has 0 aromatic rings. The minimum atomic E-state index is -4.59. The molecule has 0 spiro atoms. The van der Waals surface area contributed by atoms with Crippen molar-refractivity contribution in [2.45, 2.75) is 12.7 Å². The fraction of sp³-hybridized carbons (Fsp3) is 1.00. The highest BCUT2D eigenvalue weighted by Crippen LogP contribution is 2.17. The summed E-state index contributed by atoms with van der Waals surface area (Å²) >= 11 is 0. The van der Waals surface area contributed by atoms with Crippen LogP contribution in [-0.4, -0.2) is 25.8 Å². The van der Waals surface area contributed by atoms with E-state index in [1.54, 1.807) is 0 Å². The van der Waals surface area contributed by atoms with E-state index in [0.29, 0.717) is 13.1 Å². The second kappa shape index (κ2) is 2.73. The average molecular weight is 155 g/mol. The molecule has 1 aliphatic rings. The number of rotatable bonds is 1. The summed E-state index contributed by atoms with van der Waals surface area (Å²) in [5.41, 5.74) is 0. The Morgan fingerprint density at radius 3 is 2.60 bits per heavy atom. The second-order valence-corrected chi connectivity index (χ2v) is 1.78. The molecule has 0 aromatic heterocycles. The van der Waals surface area contributed by atoms with Crippen LogP contribution >= 0.6 is 0 Å². The molecular weight excluding hydrogens is 149 g/mol. The molecule has 1 aliphatic heterocycles. The molecule has 0 amide bonds. The standard InChI is InChI=1S/C4H6F3N2O/c5-4(6,7)10-3-8-1-2-9-3/h3,8H,1-2H2. The maximum Gasteiger partial charge on any atom is 0.525 e. The van der Waals surface area contributed by atoms with Crippen LogP contribution in [0.3, 0.4) is 0 Å². The maximum atomic E-state index is 11.4. The van der Waals surface area contributed by atoms with Crippen LogP contribution < -0.4 is 10.6 Å². The normalized spacial score (nSPS) is 21.9. The molecule has 1 radical (unpaired) electrons. The molecule has 0 aliphatic carbocycles. The zero-order chi connectivity index (χ0) is 7.61. The second-order valence-electron chi connectivity index (χ2n) is 1.78. The molecular formula is C4H6F3N2O. The fourth-order valence-corrected chi connectivity index (χ4v) is 0.640. The summed E-state index contributed by atoms with van der Waals surface area (Å²) in [4.78, 5) is 0. The van der Waals surface area contributed by atoms with Crippen molar-refractivity contribution >= 4 is 0 Å². The number of hydrogen-bond acceptors (Lipinski definition) is 2. The van der Waals surface area contributed by atoms with Crippen LogP contribution in [0.25, 0.3) is 0 Å². The first-order valence-electron chi connectivity index (χ1n) is 2.72. The molecule has 1 unspecified atom stereocenters. The SMILES string of the molecule is FC(F)(F)OC1[N]CCN1. The lowest BCUT2D eigenvalue weighted by molar-refractivity contribution is -0.347. The molecule has 1 fully saturated rings. The van der Waals surface area contributed by atoms with Gasteiger partial charge >= 0.3 is 6.36 Å². The molecule has 1 heterocycles. The average Bonchev–Trinajstić information content (AvgIpc) is 2.12. The lowest BCUT2D eigenvalue weighted by Crippen LogP contribution is -2.35. The Labute approximate surface area is 55.5 Å². The Bertz CT molecular complexity index is 110. The molecule has 0 bridgehead atoms. The smallest absolute Gasteiger partial charge is 0.277 e.